The SMILES string of the molecule is C[C@H]1CN([C@@H](CNC(=O)C(C)(C)C)c2c(F)cccc2Cl)CCO1. The van der Waals surface area contributed by atoms with Gasteiger partial charge >= 0.3 is 0 Å². The molecular weight excluding hydrogens is 331 g/mol. The van der Waals surface area contributed by atoms with E-state index in [1.54, 1.807) is 12.1 Å². The zero-order valence-corrected chi connectivity index (χ0v) is 15.5. The zero-order valence-electron chi connectivity index (χ0n) is 14.7. The van der Waals surface area contributed by atoms with Crippen LogP contribution in [0, 0.1) is 11.2 Å². The monoisotopic (exact) mass is 356 g/mol. The molecule has 0 bridgehead atoms. The lowest BCUT2D eigenvalue weighted by Crippen LogP contribution is -2.48. The van der Waals surface area contributed by atoms with E-state index in [2.05, 4.69) is 10.2 Å². The van der Waals surface area contributed by atoms with E-state index in [0.29, 0.717) is 36.8 Å². The van der Waals surface area contributed by atoms with Crippen molar-refractivity contribution in [2.75, 3.05) is 26.2 Å². The van der Waals surface area contributed by atoms with E-state index < -0.39 is 5.41 Å². The molecule has 1 N–H and O–H groups in total. The van der Waals surface area contributed by atoms with Gasteiger partial charge < -0.3 is 10.1 Å². The van der Waals surface area contributed by atoms with Crippen LogP contribution in [-0.4, -0.2) is 43.2 Å². The molecule has 1 aliphatic heterocycles. The highest BCUT2D eigenvalue weighted by Gasteiger charge is 2.30. The fourth-order valence-electron chi connectivity index (χ4n) is 2.83. The number of hydrogen-bond donors (Lipinski definition) is 1. The van der Waals surface area contributed by atoms with Crippen LogP contribution in [0.3, 0.4) is 0 Å². The smallest absolute Gasteiger partial charge is 0.225 e. The summed E-state index contributed by atoms with van der Waals surface area (Å²) >= 11 is 6.27. The van der Waals surface area contributed by atoms with E-state index in [1.165, 1.54) is 6.07 Å². The maximum Gasteiger partial charge on any atom is 0.225 e. The summed E-state index contributed by atoms with van der Waals surface area (Å²) in [6, 6.07) is 4.36. The fourth-order valence-corrected chi connectivity index (χ4v) is 3.11. The summed E-state index contributed by atoms with van der Waals surface area (Å²) in [7, 11) is 0. The van der Waals surface area contributed by atoms with Gasteiger partial charge in [0.05, 0.1) is 18.8 Å². The number of benzene rings is 1. The molecule has 0 radical (unpaired) electrons. The Morgan fingerprint density at radius 1 is 1.50 bits per heavy atom. The minimum absolute atomic E-state index is 0.0603. The Balaban J connectivity index is 2.26. The summed E-state index contributed by atoms with van der Waals surface area (Å²) < 4.78 is 20.0. The van der Waals surface area contributed by atoms with Crippen molar-refractivity contribution >= 4 is 17.5 Å². The predicted octanol–water partition coefficient (Wildman–Crippen LogP) is 3.40. The third-order valence-corrected chi connectivity index (χ3v) is 4.51. The summed E-state index contributed by atoms with van der Waals surface area (Å²) in [5, 5.41) is 3.32. The normalized spacial score (nSPS) is 20.7. The molecule has 24 heavy (non-hydrogen) atoms. The van der Waals surface area contributed by atoms with Crippen LogP contribution in [0.4, 0.5) is 4.39 Å². The summed E-state index contributed by atoms with van der Waals surface area (Å²) in [4.78, 5) is 14.4. The first-order chi connectivity index (χ1) is 11.2. The van der Waals surface area contributed by atoms with Gasteiger partial charge in [-0.15, -0.1) is 0 Å². The second-order valence-electron chi connectivity index (χ2n) is 7.29. The second-order valence-corrected chi connectivity index (χ2v) is 7.69. The Kier molecular flexibility index (Phi) is 6.23. The Morgan fingerprint density at radius 3 is 2.79 bits per heavy atom. The van der Waals surface area contributed by atoms with Crippen LogP contribution in [0.2, 0.25) is 5.02 Å². The van der Waals surface area contributed by atoms with Crippen LogP contribution in [0.1, 0.15) is 39.3 Å². The number of carbonyl (C=O) groups excluding carboxylic acids is 1. The van der Waals surface area contributed by atoms with Crippen LogP contribution < -0.4 is 5.32 Å². The molecular formula is C18H26ClFN2O2. The van der Waals surface area contributed by atoms with Gasteiger partial charge in [-0.3, -0.25) is 9.69 Å². The largest absolute Gasteiger partial charge is 0.376 e. The molecule has 1 amide bonds. The molecule has 1 aromatic rings. The molecule has 1 saturated heterocycles. The van der Waals surface area contributed by atoms with Gasteiger partial charge in [-0.2, -0.15) is 0 Å². The summed E-state index contributed by atoms with van der Waals surface area (Å²) in [6.07, 6.45) is 0.0603. The van der Waals surface area contributed by atoms with Crippen LogP contribution >= 0.6 is 11.6 Å². The highest BCUT2D eigenvalue weighted by Crippen LogP contribution is 2.31. The average Bonchev–Trinajstić information content (AvgIpc) is 2.48. The number of rotatable bonds is 4. The average molecular weight is 357 g/mol. The van der Waals surface area contributed by atoms with Gasteiger partial charge in [0.2, 0.25) is 5.91 Å². The highest BCUT2D eigenvalue weighted by molar-refractivity contribution is 6.31. The maximum atomic E-state index is 14.5. The van der Waals surface area contributed by atoms with E-state index in [9.17, 15) is 9.18 Å². The maximum absolute atomic E-state index is 14.5. The first kappa shape index (κ1) is 19.2. The zero-order chi connectivity index (χ0) is 17.9. The molecule has 1 heterocycles. The van der Waals surface area contributed by atoms with E-state index >= 15 is 0 Å². The molecule has 2 atom stereocenters. The Hall–Kier alpha value is -1.17. The van der Waals surface area contributed by atoms with Crippen molar-refractivity contribution in [2.24, 2.45) is 5.41 Å². The van der Waals surface area contributed by atoms with Crippen LogP contribution in [0.5, 0.6) is 0 Å². The lowest BCUT2D eigenvalue weighted by Gasteiger charge is -2.38. The van der Waals surface area contributed by atoms with Gasteiger partial charge in [0.1, 0.15) is 5.82 Å². The predicted molar refractivity (Wildman–Crippen MR) is 93.6 cm³/mol. The number of halogens is 2. The Bertz CT molecular complexity index is 569. The Labute approximate surface area is 148 Å². The molecule has 134 valence electrons. The molecule has 1 aliphatic rings. The fraction of sp³-hybridized carbons (Fsp3) is 0.611. The van der Waals surface area contributed by atoms with Crippen molar-refractivity contribution in [1.82, 2.24) is 10.2 Å². The molecule has 0 unspecified atom stereocenters. The van der Waals surface area contributed by atoms with Gasteiger partial charge in [-0.25, -0.2) is 4.39 Å². The van der Waals surface area contributed by atoms with Gasteiger partial charge in [-0.05, 0) is 19.1 Å². The lowest BCUT2D eigenvalue weighted by atomic mass is 9.95. The van der Waals surface area contributed by atoms with Gasteiger partial charge in [-0.1, -0.05) is 38.4 Å². The third-order valence-electron chi connectivity index (χ3n) is 4.18. The molecule has 2 rings (SSSR count). The summed E-state index contributed by atoms with van der Waals surface area (Å²) in [5.41, 5.74) is -0.0653. The van der Waals surface area contributed by atoms with Crippen molar-refractivity contribution in [1.29, 1.82) is 0 Å². The number of ether oxygens (including phenoxy) is 1. The van der Waals surface area contributed by atoms with Crippen molar-refractivity contribution in [3.63, 3.8) is 0 Å². The third kappa shape index (κ3) is 4.68. The van der Waals surface area contributed by atoms with Gasteiger partial charge in [0, 0.05) is 35.6 Å². The first-order valence-corrected chi connectivity index (χ1v) is 8.66. The van der Waals surface area contributed by atoms with E-state index in [0.717, 1.165) is 0 Å². The lowest BCUT2D eigenvalue weighted by molar-refractivity contribution is -0.128. The van der Waals surface area contributed by atoms with Crippen molar-refractivity contribution in [2.45, 2.75) is 39.8 Å². The molecule has 0 saturated carbocycles. The molecule has 1 aromatic carbocycles. The molecule has 1 fully saturated rings. The number of morpholine rings is 1. The van der Waals surface area contributed by atoms with Crippen molar-refractivity contribution in [3.05, 3.63) is 34.6 Å². The quantitative estimate of drug-likeness (QED) is 0.899. The molecule has 0 aliphatic carbocycles. The molecule has 6 heteroatoms. The van der Waals surface area contributed by atoms with Gasteiger partial charge in [0.15, 0.2) is 0 Å². The molecule has 0 spiro atoms. The van der Waals surface area contributed by atoms with E-state index in [4.69, 9.17) is 16.3 Å². The van der Waals surface area contributed by atoms with E-state index in [1.807, 2.05) is 27.7 Å². The van der Waals surface area contributed by atoms with E-state index in [-0.39, 0.29) is 23.9 Å². The number of nitrogens with zero attached hydrogens (tertiary/aromatic N) is 1. The number of hydrogen-bond acceptors (Lipinski definition) is 3. The number of amides is 1. The Morgan fingerprint density at radius 2 is 2.21 bits per heavy atom. The number of carbonyl (C=O) groups is 1. The molecule has 4 nitrogen and oxygen atoms in total. The standard InChI is InChI=1S/C18H26ClFN2O2/c1-12-11-22(8-9-24-12)15(10-21-17(23)18(2,3)4)16-13(19)6-5-7-14(16)20/h5-7,12,15H,8-11H2,1-4H3,(H,21,23)/t12-,15-/m0/s1. The minimum atomic E-state index is -0.498. The second kappa shape index (κ2) is 7.81. The van der Waals surface area contributed by atoms with Gasteiger partial charge in [0.25, 0.3) is 0 Å². The summed E-state index contributed by atoms with van der Waals surface area (Å²) in [6.45, 7) is 9.77. The highest BCUT2D eigenvalue weighted by atomic mass is 35.5. The van der Waals surface area contributed by atoms with Crippen LogP contribution in [0.25, 0.3) is 0 Å². The van der Waals surface area contributed by atoms with Crippen LogP contribution in [0.15, 0.2) is 18.2 Å². The minimum Gasteiger partial charge on any atom is -0.376 e. The first-order valence-electron chi connectivity index (χ1n) is 8.28. The molecule has 0 aromatic heterocycles. The van der Waals surface area contributed by atoms with Crippen LogP contribution in [-0.2, 0) is 9.53 Å². The van der Waals surface area contributed by atoms with Crippen molar-refractivity contribution < 1.29 is 13.9 Å². The number of nitrogens with one attached hydrogen (secondary N) is 1. The topological polar surface area (TPSA) is 41.6 Å². The van der Waals surface area contributed by atoms with Crippen molar-refractivity contribution in [3.8, 4) is 0 Å². The summed E-state index contributed by atoms with van der Waals surface area (Å²) in [5.74, 6) is -0.419.